The van der Waals surface area contributed by atoms with Crippen LogP contribution in [-0.4, -0.2) is 10.8 Å². The highest BCUT2D eigenvalue weighted by Gasteiger charge is 2.22. The van der Waals surface area contributed by atoms with Crippen LogP contribution in [0.3, 0.4) is 0 Å². The van der Waals surface area contributed by atoms with E-state index < -0.39 is 0 Å². The highest BCUT2D eigenvalue weighted by molar-refractivity contribution is 5.76. The molecule has 1 aromatic heterocycles. The van der Waals surface area contributed by atoms with Crippen molar-refractivity contribution >= 4 is 5.91 Å². The molecule has 2 aromatic rings. The maximum atomic E-state index is 12.9. The van der Waals surface area contributed by atoms with E-state index in [1.807, 2.05) is 35.2 Å². The summed E-state index contributed by atoms with van der Waals surface area (Å²) in [7, 11) is 0. The summed E-state index contributed by atoms with van der Waals surface area (Å²) in [6.07, 6.45) is 3.27. The van der Waals surface area contributed by atoms with Gasteiger partial charge in [-0.15, -0.1) is 0 Å². The maximum Gasteiger partial charge on any atom is 0.223 e. The summed E-state index contributed by atoms with van der Waals surface area (Å²) in [6, 6.07) is 13.9. The summed E-state index contributed by atoms with van der Waals surface area (Å²) in [4.78, 5) is 14.8. The number of furan rings is 1. The van der Waals surface area contributed by atoms with Gasteiger partial charge in [0.05, 0.1) is 12.8 Å². The fraction of sp³-hybridized carbons (Fsp3) is 0.476. The predicted molar refractivity (Wildman–Crippen MR) is 97.3 cm³/mol. The van der Waals surface area contributed by atoms with Crippen molar-refractivity contribution in [3.05, 3.63) is 60.1 Å². The Balaban J connectivity index is 2.05. The van der Waals surface area contributed by atoms with E-state index in [1.54, 1.807) is 6.26 Å². The molecular formula is C21H29NO2. The molecule has 0 aliphatic heterocycles. The minimum absolute atomic E-state index is 0.187. The fourth-order valence-electron chi connectivity index (χ4n) is 3.17. The van der Waals surface area contributed by atoms with Gasteiger partial charge in [-0.25, -0.2) is 0 Å². The van der Waals surface area contributed by atoms with Crippen molar-refractivity contribution in [2.24, 2.45) is 11.3 Å². The molecule has 0 N–H and O–H groups in total. The lowest BCUT2D eigenvalue weighted by atomic mass is 9.84. The van der Waals surface area contributed by atoms with E-state index in [1.165, 1.54) is 0 Å². The van der Waals surface area contributed by atoms with Crippen LogP contribution in [0.2, 0.25) is 0 Å². The van der Waals surface area contributed by atoms with Gasteiger partial charge in [-0.1, -0.05) is 58.0 Å². The number of rotatable bonds is 7. The topological polar surface area (TPSA) is 33.5 Å². The average molecular weight is 327 g/mol. The Morgan fingerprint density at radius 2 is 1.79 bits per heavy atom. The molecule has 0 spiro atoms. The standard InChI is InChI=1S/C21H29NO2/c1-17(14-21(2,3)4)13-20(23)22(16-19-11-8-12-24-19)15-18-9-6-5-7-10-18/h5-12,17H,13-16H2,1-4H3/t17-/m1/s1. The lowest BCUT2D eigenvalue weighted by molar-refractivity contribution is -0.133. The molecule has 0 aliphatic rings. The second-order valence-electron chi connectivity index (χ2n) is 7.89. The molecule has 24 heavy (non-hydrogen) atoms. The zero-order valence-corrected chi connectivity index (χ0v) is 15.3. The Hall–Kier alpha value is -2.03. The zero-order chi connectivity index (χ0) is 17.6. The van der Waals surface area contributed by atoms with Crippen LogP contribution >= 0.6 is 0 Å². The number of hydrogen-bond donors (Lipinski definition) is 0. The Labute approximate surface area is 145 Å². The van der Waals surface area contributed by atoms with Gasteiger partial charge in [0.1, 0.15) is 5.76 Å². The molecule has 1 amide bonds. The van der Waals surface area contributed by atoms with Crippen LogP contribution in [-0.2, 0) is 17.9 Å². The summed E-state index contributed by atoms with van der Waals surface area (Å²) >= 11 is 0. The number of amides is 1. The van der Waals surface area contributed by atoms with Crippen molar-refractivity contribution in [2.75, 3.05) is 0 Å². The SMILES string of the molecule is C[C@H](CC(=O)N(Cc1ccccc1)Cc1ccco1)CC(C)(C)C. The van der Waals surface area contributed by atoms with Crippen molar-refractivity contribution in [2.45, 2.75) is 53.6 Å². The molecule has 1 aromatic carbocycles. The molecule has 0 aliphatic carbocycles. The monoisotopic (exact) mass is 327 g/mol. The van der Waals surface area contributed by atoms with E-state index in [4.69, 9.17) is 4.42 Å². The summed E-state index contributed by atoms with van der Waals surface area (Å²) in [5.41, 5.74) is 1.38. The van der Waals surface area contributed by atoms with Gasteiger partial charge in [0, 0.05) is 13.0 Å². The van der Waals surface area contributed by atoms with Gasteiger partial charge in [-0.3, -0.25) is 4.79 Å². The molecule has 1 heterocycles. The van der Waals surface area contributed by atoms with Gasteiger partial charge in [-0.05, 0) is 35.4 Å². The lowest BCUT2D eigenvalue weighted by Crippen LogP contribution is -2.31. The minimum Gasteiger partial charge on any atom is -0.467 e. The first-order valence-corrected chi connectivity index (χ1v) is 8.67. The van der Waals surface area contributed by atoms with Crippen LogP contribution in [0.15, 0.2) is 53.1 Å². The molecule has 0 bridgehead atoms. The highest BCUT2D eigenvalue weighted by atomic mass is 16.3. The van der Waals surface area contributed by atoms with Gasteiger partial charge in [0.2, 0.25) is 5.91 Å². The molecule has 0 fully saturated rings. The average Bonchev–Trinajstić information content (AvgIpc) is 2.98. The predicted octanol–water partition coefficient (Wildman–Crippen LogP) is 5.27. The molecule has 0 saturated carbocycles. The summed E-state index contributed by atoms with van der Waals surface area (Å²) in [6.45, 7) is 9.96. The highest BCUT2D eigenvalue weighted by Crippen LogP contribution is 2.26. The smallest absolute Gasteiger partial charge is 0.223 e. The van der Waals surface area contributed by atoms with Crippen LogP contribution < -0.4 is 0 Å². The van der Waals surface area contributed by atoms with Gasteiger partial charge in [0.25, 0.3) is 0 Å². The first-order chi connectivity index (χ1) is 11.3. The minimum atomic E-state index is 0.187. The van der Waals surface area contributed by atoms with Gasteiger partial charge in [-0.2, -0.15) is 0 Å². The van der Waals surface area contributed by atoms with Crippen molar-refractivity contribution in [1.82, 2.24) is 4.90 Å². The number of hydrogen-bond acceptors (Lipinski definition) is 2. The van der Waals surface area contributed by atoms with E-state index in [0.29, 0.717) is 25.4 Å². The molecule has 2 rings (SSSR count). The summed E-state index contributed by atoms with van der Waals surface area (Å²) in [5, 5.41) is 0. The first-order valence-electron chi connectivity index (χ1n) is 8.67. The third-order valence-electron chi connectivity index (χ3n) is 3.98. The molecule has 130 valence electrons. The molecule has 0 radical (unpaired) electrons. The molecule has 1 atom stereocenters. The second kappa shape index (κ2) is 8.18. The van der Waals surface area contributed by atoms with Crippen LogP contribution in [0.5, 0.6) is 0 Å². The lowest BCUT2D eigenvalue weighted by Gasteiger charge is -2.26. The van der Waals surface area contributed by atoms with E-state index in [-0.39, 0.29) is 11.3 Å². The Bertz CT molecular complexity index is 611. The van der Waals surface area contributed by atoms with Crippen LogP contribution in [0.1, 0.15) is 51.9 Å². The van der Waals surface area contributed by atoms with Crippen molar-refractivity contribution < 1.29 is 9.21 Å². The van der Waals surface area contributed by atoms with Crippen LogP contribution in [0.25, 0.3) is 0 Å². The molecule has 3 heteroatoms. The van der Waals surface area contributed by atoms with Crippen molar-refractivity contribution in [3.8, 4) is 0 Å². The van der Waals surface area contributed by atoms with E-state index in [2.05, 4.69) is 39.8 Å². The largest absolute Gasteiger partial charge is 0.467 e. The molecule has 0 unspecified atom stereocenters. The fourth-order valence-corrected chi connectivity index (χ4v) is 3.17. The number of carbonyl (C=O) groups is 1. The number of nitrogens with zero attached hydrogens (tertiary/aromatic N) is 1. The quantitative estimate of drug-likeness (QED) is 0.694. The molecular weight excluding hydrogens is 298 g/mol. The summed E-state index contributed by atoms with van der Waals surface area (Å²) in [5.74, 6) is 1.38. The Kier molecular flexibility index (Phi) is 6.24. The van der Waals surface area contributed by atoms with E-state index in [0.717, 1.165) is 17.7 Å². The van der Waals surface area contributed by atoms with E-state index >= 15 is 0 Å². The molecule has 0 saturated heterocycles. The van der Waals surface area contributed by atoms with Gasteiger partial charge < -0.3 is 9.32 Å². The van der Waals surface area contributed by atoms with Crippen molar-refractivity contribution in [3.63, 3.8) is 0 Å². The van der Waals surface area contributed by atoms with Crippen LogP contribution in [0, 0.1) is 11.3 Å². The van der Waals surface area contributed by atoms with Gasteiger partial charge >= 0.3 is 0 Å². The third kappa shape index (κ3) is 6.23. The van der Waals surface area contributed by atoms with Crippen LogP contribution in [0.4, 0.5) is 0 Å². The second-order valence-corrected chi connectivity index (χ2v) is 7.89. The van der Waals surface area contributed by atoms with Gasteiger partial charge in [0.15, 0.2) is 0 Å². The Morgan fingerprint density at radius 3 is 2.38 bits per heavy atom. The van der Waals surface area contributed by atoms with E-state index in [9.17, 15) is 4.79 Å². The third-order valence-corrected chi connectivity index (χ3v) is 3.98. The Morgan fingerprint density at radius 1 is 1.08 bits per heavy atom. The zero-order valence-electron chi connectivity index (χ0n) is 15.3. The molecule has 3 nitrogen and oxygen atoms in total. The normalized spacial score (nSPS) is 12.8. The van der Waals surface area contributed by atoms with Crippen molar-refractivity contribution in [1.29, 1.82) is 0 Å². The number of carbonyl (C=O) groups excluding carboxylic acids is 1. The number of benzene rings is 1. The summed E-state index contributed by atoms with van der Waals surface area (Å²) < 4.78 is 5.44. The first kappa shape index (κ1) is 18.3. The maximum absolute atomic E-state index is 12.9.